The molecule has 1 aliphatic carbocycles. The van der Waals surface area contributed by atoms with Crippen molar-refractivity contribution in [2.45, 2.75) is 25.8 Å². The first-order valence-corrected chi connectivity index (χ1v) is 6.92. The fraction of sp³-hybridized carbons (Fsp3) is 0.533. The lowest BCUT2D eigenvalue weighted by Crippen LogP contribution is -2.36. The van der Waals surface area contributed by atoms with Crippen LogP contribution in [0.2, 0.25) is 0 Å². The Bertz CT molecular complexity index is 493. The molecular weight excluding hydrogens is 262 g/mol. The fourth-order valence-electron chi connectivity index (χ4n) is 2.92. The molecule has 0 radical (unpaired) electrons. The molecule has 1 aliphatic rings. The predicted molar refractivity (Wildman–Crippen MR) is 72.7 cm³/mol. The second kappa shape index (κ2) is 6.31. The van der Waals surface area contributed by atoms with Gasteiger partial charge in [0.15, 0.2) is 11.6 Å². The van der Waals surface area contributed by atoms with Crippen molar-refractivity contribution in [3.63, 3.8) is 0 Å². The molecule has 3 nitrogen and oxygen atoms in total. The third kappa shape index (κ3) is 3.15. The number of rotatable bonds is 4. The summed E-state index contributed by atoms with van der Waals surface area (Å²) in [4.78, 5) is 13.9. The predicted octanol–water partition coefficient (Wildman–Crippen LogP) is 2.30. The summed E-state index contributed by atoms with van der Waals surface area (Å²) >= 11 is 0. The van der Waals surface area contributed by atoms with Gasteiger partial charge in [0.25, 0.3) is 0 Å². The van der Waals surface area contributed by atoms with Gasteiger partial charge in [-0.05, 0) is 43.0 Å². The summed E-state index contributed by atoms with van der Waals surface area (Å²) in [5.41, 5.74) is 6.27. The lowest BCUT2D eigenvalue weighted by atomic mass is 9.95. The van der Waals surface area contributed by atoms with Gasteiger partial charge in [-0.15, -0.1) is 0 Å². The van der Waals surface area contributed by atoms with E-state index in [-0.39, 0.29) is 24.3 Å². The summed E-state index contributed by atoms with van der Waals surface area (Å²) in [6.45, 7) is 0.805. The average molecular weight is 282 g/mol. The number of nitrogens with zero attached hydrogens (tertiary/aromatic N) is 1. The first-order valence-electron chi connectivity index (χ1n) is 6.92. The number of hydrogen-bond donors (Lipinski definition) is 1. The molecule has 0 bridgehead atoms. The lowest BCUT2D eigenvalue weighted by molar-refractivity contribution is -0.135. The highest BCUT2D eigenvalue weighted by molar-refractivity contribution is 5.79. The highest BCUT2D eigenvalue weighted by Crippen LogP contribution is 2.32. The molecule has 1 fully saturated rings. The van der Waals surface area contributed by atoms with Gasteiger partial charge >= 0.3 is 0 Å². The Morgan fingerprint density at radius 3 is 2.75 bits per heavy atom. The van der Waals surface area contributed by atoms with E-state index in [9.17, 15) is 13.6 Å². The van der Waals surface area contributed by atoms with Crippen LogP contribution in [-0.2, 0) is 11.3 Å². The molecule has 1 amide bonds. The highest BCUT2D eigenvalue weighted by atomic mass is 19.2. The van der Waals surface area contributed by atoms with E-state index in [2.05, 4.69) is 0 Å². The van der Waals surface area contributed by atoms with Crippen molar-refractivity contribution in [2.24, 2.45) is 17.6 Å². The maximum Gasteiger partial charge on any atom is 0.226 e. The van der Waals surface area contributed by atoms with Crippen LogP contribution in [0.4, 0.5) is 8.78 Å². The quantitative estimate of drug-likeness (QED) is 0.921. The zero-order chi connectivity index (χ0) is 14.7. The van der Waals surface area contributed by atoms with Gasteiger partial charge in [0.2, 0.25) is 5.91 Å². The van der Waals surface area contributed by atoms with Gasteiger partial charge in [0, 0.05) is 19.5 Å². The van der Waals surface area contributed by atoms with E-state index in [0.717, 1.165) is 31.4 Å². The second-order valence-corrected chi connectivity index (χ2v) is 5.48. The van der Waals surface area contributed by atoms with Gasteiger partial charge in [0.05, 0.1) is 0 Å². The number of hydrogen-bond acceptors (Lipinski definition) is 2. The molecule has 0 aromatic heterocycles. The Labute approximate surface area is 117 Å². The van der Waals surface area contributed by atoms with Crippen LogP contribution in [0.3, 0.4) is 0 Å². The van der Waals surface area contributed by atoms with Crippen LogP contribution in [0.15, 0.2) is 18.2 Å². The van der Waals surface area contributed by atoms with Crippen LogP contribution in [0.25, 0.3) is 0 Å². The number of halogens is 2. The number of carbonyl (C=O) groups is 1. The highest BCUT2D eigenvalue weighted by Gasteiger charge is 2.33. The molecule has 0 spiro atoms. The molecule has 1 aromatic carbocycles. The summed E-state index contributed by atoms with van der Waals surface area (Å²) in [7, 11) is 1.69. The normalized spacial score (nSPS) is 22.0. The van der Waals surface area contributed by atoms with Crippen molar-refractivity contribution >= 4 is 5.91 Å². The smallest absolute Gasteiger partial charge is 0.226 e. The van der Waals surface area contributed by atoms with Gasteiger partial charge in [-0.1, -0.05) is 12.5 Å². The second-order valence-electron chi connectivity index (χ2n) is 5.48. The van der Waals surface area contributed by atoms with Crippen LogP contribution in [0.1, 0.15) is 24.8 Å². The Morgan fingerprint density at radius 2 is 2.10 bits per heavy atom. The Hall–Kier alpha value is -1.49. The molecule has 0 unspecified atom stereocenters. The Balaban J connectivity index is 2.02. The first-order chi connectivity index (χ1) is 9.52. The van der Waals surface area contributed by atoms with Crippen LogP contribution < -0.4 is 5.73 Å². The topological polar surface area (TPSA) is 46.3 Å². The average Bonchev–Trinajstić information content (AvgIpc) is 2.90. The number of amides is 1. The van der Waals surface area contributed by atoms with E-state index in [4.69, 9.17) is 5.73 Å². The molecule has 5 heteroatoms. The van der Waals surface area contributed by atoms with Crippen molar-refractivity contribution in [3.05, 3.63) is 35.4 Å². The van der Waals surface area contributed by atoms with Gasteiger partial charge in [-0.3, -0.25) is 4.79 Å². The van der Waals surface area contributed by atoms with Crippen molar-refractivity contribution in [1.29, 1.82) is 0 Å². The van der Waals surface area contributed by atoms with Crippen molar-refractivity contribution < 1.29 is 13.6 Å². The van der Waals surface area contributed by atoms with Gasteiger partial charge in [0.1, 0.15) is 0 Å². The van der Waals surface area contributed by atoms with E-state index in [0.29, 0.717) is 12.1 Å². The van der Waals surface area contributed by atoms with Gasteiger partial charge in [-0.25, -0.2) is 8.78 Å². The summed E-state index contributed by atoms with van der Waals surface area (Å²) in [5.74, 6) is -1.50. The van der Waals surface area contributed by atoms with E-state index >= 15 is 0 Å². The number of carbonyl (C=O) groups excluding carboxylic acids is 1. The molecule has 1 saturated carbocycles. The fourth-order valence-corrected chi connectivity index (χ4v) is 2.92. The van der Waals surface area contributed by atoms with E-state index < -0.39 is 11.6 Å². The summed E-state index contributed by atoms with van der Waals surface area (Å²) in [6.07, 6.45) is 2.88. The van der Waals surface area contributed by atoms with Crippen LogP contribution >= 0.6 is 0 Å². The van der Waals surface area contributed by atoms with E-state index in [1.165, 1.54) is 6.07 Å². The molecule has 0 heterocycles. The minimum absolute atomic E-state index is 0.0321. The minimum atomic E-state index is -0.885. The zero-order valence-corrected chi connectivity index (χ0v) is 11.6. The van der Waals surface area contributed by atoms with Gasteiger partial charge < -0.3 is 10.6 Å². The Kier molecular flexibility index (Phi) is 4.70. The van der Waals surface area contributed by atoms with Crippen LogP contribution in [0.5, 0.6) is 0 Å². The van der Waals surface area contributed by atoms with E-state index in [1.54, 1.807) is 11.9 Å². The molecule has 1 aromatic rings. The maximum absolute atomic E-state index is 13.2. The monoisotopic (exact) mass is 282 g/mol. The lowest BCUT2D eigenvalue weighted by Gasteiger charge is -2.24. The molecule has 0 saturated heterocycles. The zero-order valence-electron chi connectivity index (χ0n) is 11.6. The molecule has 0 aliphatic heterocycles. The standard InChI is InChI=1S/C15H20F2N2O/c1-19(9-10-5-6-13(16)14(17)7-10)15(20)12-4-2-3-11(12)8-18/h5-7,11-12H,2-4,8-9,18H2,1H3/t11-,12-/m1/s1. The van der Waals surface area contributed by atoms with Crippen LogP contribution in [0, 0.1) is 23.5 Å². The molecule has 2 rings (SSSR count). The maximum atomic E-state index is 13.2. The molecule has 2 atom stereocenters. The van der Waals surface area contributed by atoms with Crippen molar-refractivity contribution in [3.8, 4) is 0 Å². The SMILES string of the molecule is CN(Cc1ccc(F)c(F)c1)C(=O)[C@@H]1CCC[C@@H]1CN. The molecule has 2 N–H and O–H groups in total. The van der Waals surface area contributed by atoms with Crippen LogP contribution in [-0.4, -0.2) is 24.4 Å². The van der Waals surface area contributed by atoms with Crippen molar-refractivity contribution in [1.82, 2.24) is 4.90 Å². The Morgan fingerprint density at radius 1 is 1.35 bits per heavy atom. The van der Waals surface area contributed by atoms with Crippen molar-refractivity contribution in [2.75, 3.05) is 13.6 Å². The third-order valence-electron chi connectivity index (χ3n) is 4.06. The van der Waals surface area contributed by atoms with E-state index in [1.807, 2.05) is 0 Å². The van der Waals surface area contributed by atoms with Gasteiger partial charge in [-0.2, -0.15) is 0 Å². The summed E-state index contributed by atoms with van der Waals surface area (Å²) in [5, 5.41) is 0. The molecule has 20 heavy (non-hydrogen) atoms. The minimum Gasteiger partial charge on any atom is -0.341 e. The summed E-state index contributed by atoms with van der Waals surface area (Å²) in [6, 6.07) is 3.71. The number of nitrogens with two attached hydrogens (primary N) is 1. The third-order valence-corrected chi connectivity index (χ3v) is 4.06. The number of benzene rings is 1. The molecule has 110 valence electrons. The first kappa shape index (κ1) is 14.9. The largest absolute Gasteiger partial charge is 0.341 e. The molecular formula is C15H20F2N2O. The summed E-state index contributed by atoms with van der Waals surface area (Å²) < 4.78 is 26.0.